The summed E-state index contributed by atoms with van der Waals surface area (Å²) < 4.78 is 2.13. The number of hydrogen-bond acceptors (Lipinski definition) is 4. The molecule has 3 fully saturated rings. The maximum atomic E-state index is 13.4. The molecule has 3 aliphatic rings. The number of aromatic nitrogens is 2. The molecule has 35 heavy (non-hydrogen) atoms. The molecule has 0 saturated carbocycles. The SMILES string of the molecule is Cc1cc2ncn(CCC(=O)N3CCCC[C@@H]3C3CCN(CC(=O)N4CCCC4)CC3)c2cc1C. The second-order valence-electron chi connectivity index (χ2n) is 11.0. The van der Waals surface area contributed by atoms with Crippen LogP contribution in [0.15, 0.2) is 18.5 Å². The largest absolute Gasteiger partial charge is 0.342 e. The molecule has 0 bridgehead atoms. The summed E-state index contributed by atoms with van der Waals surface area (Å²) in [5.41, 5.74) is 4.63. The Bertz CT molecular complexity index is 1050. The van der Waals surface area contributed by atoms with Crippen LogP contribution in [0.1, 0.15) is 62.5 Å². The van der Waals surface area contributed by atoms with E-state index in [-0.39, 0.29) is 5.91 Å². The molecule has 2 aromatic rings. The molecule has 190 valence electrons. The van der Waals surface area contributed by atoms with Crippen molar-refractivity contribution in [3.8, 4) is 0 Å². The summed E-state index contributed by atoms with van der Waals surface area (Å²) in [6, 6.07) is 4.68. The molecule has 3 aliphatic heterocycles. The van der Waals surface area contributed by atoms with Crippen molar-refractivity contribution < 1.29 is 9.59 Å². The first-order chi connectivity index (χ1) is 17.0. The van der Waals surface area contributed by atoms with E-state index in [0.29, 0.717) is 37.4 Å². The van der Waals surface area contributed by atoms with Crippen LogP contribution >= 0.6 is 0 Å². The van der Waals surface area contributed by atoms with Crippen LogP contribution in [0.4, 0.5) is 0 Å². The minimum absolute atomic E-state index is 0.284. The van der Waals surface area contributed by atoms with Crippen LogP contribution < -0.4 is 0 Å². The number of likely N-dealkylation sites (tertiary alicyclic amines) is 3. The average molecular weight is 480 g/mol. The molecule has 3 saturated heterocycles. The normalized spacial score (nSPS) is 22.3. The van der Waals surface area contributed by atoms with Crippen molar-refractivity contribution in [2.24, 2.45) is 5.92 Å². The summed E-state index contributed by atoms with van der Waals surface area (Å²) in [4.78, 5) is 37.1. The van der Waals surface area contributed by atoms with Crippen molar-refractivity contribution in [2.45, 2.75) is 77.8 Å². The van der Waals surface area contributed by atoms with Crippen molar-refractivity contribution in [1.82, 2.24) is 24.3 Å². The van der Waals surface area contributed by atoms with Crippen LogP contribution in [0.25, 0.3) is 11.0 Å². The predicted octanol–water partition coefficient (Wildman–Crippen LogP) is 3.76. The quantitative estimate of drug-likeness (QED) is 0.633. The van der Waals surface area contributed by atoms with Gasteiger partial charge in [0.05, 0.1) is 23.9 Å². The molecule has 0 radical (unpaired) electrons. The van der Waals surface area contributed by atoms with Gasteiger partial charge in [-0.3, -0.25) is 14.5 Å². The van der Waals surface area contributed by atoms with Gasteiger partial charge in [-0.15, -0.1) is 0 Å². The summed E-state index contributed by atoms with van der Waals surface area (Å²) in [5.74, 6) is 1.14. The number of carbonyl (C=O) groups is 2. The van der Waals surface area contributed by atoms with Crippen molar-refractivity contribution in [3.63, 3.8) is 0 Å². The zero-order chi connectivity index (χ0) is 24.4. The van der Waals surface area contributed by atoms with Gasteiger partial charge in [0, 0.05) is 38.6 Å². The van der Waals surface area contributed by atoms with E-state index >= 15 is 0 Å². The summed E-state index contributed by atoms with van der Waals surface area (Å²) in [6.45, 7) is 10.2. The number of nitrogens with zero attached hydrogens (tertiary/aromatic N) is 5. The minimum atomic E-state index is 0.284. The first kappa shape index (κ1) is 24.3. The monoisotopic (exact) mass is 479 g/mol. The highest BCUT2D eigenvalue weighted by Crippen LogP contribution is 2.31. The maximum absolute atomic E-state index is 13.4. The number of piperidine rings is 2. The number of imidazole rings is 1. The summed E-state index contributed by atoms with van der Waals surface area (Å²) >= 11 is 0. The highest BCUT2D eigenvalue weighted by molar-refractivity contribution is 5.79. The number of carbonyl (C=O) groups excluding carboxylic acids is 2. The van der Waals surface area contributed by atoms with Crippen LogP contribution in [0, 0.1) is 19.8 Å². The van der Waals surface area contributed by atoms with Crippen molar-refractivity contribution in [3.05, 3.63) is 29.6 Å². The van der Waals surface area contributed by atoms with Gasteiger partial charge >= 0.3 is 0 Å². The Morgan fingerprint density at radius 3 is 2.37 bits per heavy atom. The first-order valence-corrected chi connectivity index (χ1v) is 13.7. The van der Waals surface area contributed by atoms with Gasteiger partial charge in [0.2, 0.25) is 11.8 Å². The average Bonchev–Trinajstić information content (AvgIpc) is 3.54. The Morgan fingerprint density at radius 2 is 1.60 bits per heavy atom. The molecule has 1 atom stereocenters. The van der Waals surface area contributed by atoms with Gasteiger partial charge < -0.3 is 14.4 Å². The second kappa shape index (κ2) is 10.7. The molecule has 0 unspecified atom stereocenters. The summed E-state index contributed by atoms with van der Waals surface area (Å²) in [6.07, 6.45) is 10.3. The van der Waals surface area contributed by atoms with E-state index < -0.39 is 0 Å². The Morgan fingerprint density at radius 1 is 0.886 bits per heavy atom. The third-order valence-corrected chi connectivity index (χ3v) is 8.67. The molecule has 4 heterocycles. The van der Waals surface area contributed by atoms with E-state index in [1.165, 1.54) is 17.5 Å². The van der Waals surface area contributed by atoms with Crippen molar-refractivity contribution in [2.75, 3.05) is 39.3 Å². The van der Waals surface area contributed by atoms with E-state index in [1.54, 1.807) is 0 Å². The summed E-state index contributed by atoms with van der Waals surface area (Å²) in [5, 5.41) is 0. The maximum Gasteiger partial charge on any atom is 0.236 e. The lowest BCUT2D eigenvalue weighted by molar-refractivity contribution is -0.137. The Balaban J connectivity index is 1.16. The fourth-order valence-corrected chi connectivity index (χ4v) is 6.36. The third-order valence-electron chi connectivity index (χ3n) is 8.67. The molecule has 0 aliphatic carbocycles. The van der Waals surface area contributed by atoms with Gasteiger partial charge in [0.1, 0.15) is 0 Å². The number of amides is 2. The van der Waals surface area contributed by atoms with Gasteiger partial charge in [0.25, 0.3) is 0 Å². The lowest BCUT2D eigenvalue weighted by Gasteiger charge is -2.44. The van der Waals surface area contributed by atoms with Crippen LogP contribution in [-0.4, -0.2) is 81.4 Å². The molecular formula is C28H41N5O2. The first-order valence-electron chi connectivity index (χ1n) is 13.7. The molecule has 5 rings (SSSR count). The number of hydrogen-bond donors (Lipinski definition) is 0. The molecule has 1 aromatic heterocycles. The van der Waals surface area contributed by atoms with Crippen LogP contribution in [0.5, 0.6) is 0 Å². The minimum Gasteiger partial charge on any atom is -0.342 e. The van der Waals surface area contributed by atoms with E-state index in [9.17, 15) is 9.59 Å². The fraction of sp³-hybridized carbons (Fsp3) is 0.679. The molecule has 0 spiro atoms. The number of benzene rings is 1. The number of aryl methyl sites for hydroxylation is 3. The zero-order valence-electron chi connectivity index (χ0n) is 21.5. The van der Waals surface area contributed by atoms with Crippen LogP contribution in [0.3, 0.4) is 0 Å². The Kier molecular flexibility index (Phi) is 7.42. The van der Waals surface area contributed by atoms with Gasteiger partial charge in [-0.05, 0) is 101 Å². The molecule has 7 heteroatoms. The molecule has 1 aromatic carbocycles. The van der Waals surface area contributed by atoms with Gasteiger partial charge in [0.15, 0.2) is 0 Å². The second-order valence-corrected chi connectivity index (χ2v) is 11.0. The summed E-state index contributed by atoms with van der Waals surface area (Å²) in [7, 11) is 0. The topological polar surface area (TPSA) is 61.7 Å². The molecule has 0 N–H and O–H groups in total. The lowest BCUT2D eigenvalue weighted by Crippen LogP contribution is -2.51. The third kappa shape index (κ3) is 5.40. The van der Waals surface area contributed by atoms with Crippen LogP contribution in [-0.2, 0) is 16.1 Å². The van der Waals surface area contributed by atoms with Gasteiger partial charge in [-0.1, -0.05) is 0 Å². The van der Waals surface area contributed by atoms with Crippen molar-refractivity contribution >= 4 is 22.8 Å². The molecular weight excluding hydrogens is 438 g/mol. The smallest absolute Gasteiger partial charge is 0.236 e. The Hall–Kier alpha value is -2.41. The highest BCUT2D eigenvalue weighted by atomic mass is 16.2. The number of rotatable bonds is 6. The molecule has 7 nitrogen and oxygen atoms in total. The lowest BCUT2D eigenvalue weighted by atomic mass is 9.83. The van der Waals surface area contributed by atoms with E-state index in [2.05, 4.69) is 45.3 Å². The van der Waals surface area contributed by atoms with E-state index in [0.717, 1.165) is 82.3 Å². The van der Waals surface area contributed by atoms with Crippen molar-refractivity contribution in [1.29, 1.82) is 0 Å². The van der Waals surface area contributed by atoms with E-state index in [4.69, 9.17) is 0 Å². The van der Waals surface area contributed by atoms with E-state index in [1.807, 2.05) is 11.2 Å². The predicted molar refractivity (Wildman–Crippen MR) is 138 cm³/mol. The number of fused-ring (bicyclic) bond motifs is 1. The Labute approximate surface area is 209 Å². The zero-order valence-corrected chi connectivity index (χ0v) is 21.5. The highest BCUT2D eigenvalue weighted by Gasteiger charge is 2.35. The fourth-order valence-electron chi connectivity index (χ4n) is 6.36. The van der Waals surface area contributed by atoms with Gasteiger partial charge in [-0.2, -0.15) is 0 Å². The van der Waals surface area contributed by atoms with Gasteiger partial charge in [-0.25, -0.2) is 4.98 Å². The standard InChI is InChI=1S/C28H41N5O2/c1-21-17-24-26(18-22(21)2)32(20-29-24)16-10-27(34)33-13-4-3-7-25(33)23-8-14-30(15-9-23)19-28(35)31-11-5-6-12-31/h17-18,20,23,25H,3-16,19H2,1-2H3/t25-/m1/s1. The van der Waals surface area contributed by atoms with Crippen LogP contribution in [0.2, 0.25) is 0 Å². The molecule has 2 amide bonds.